The lowest BCUT2D eigenvalue weighted by atomic mass is 10.1. The van der Waals surface area contributed by atoms with Gasteiger partial charge in [0.05, 0.1) is 6.20 Å². The number of nitrogens with zero attached hydrogens (tertiary/aromatic N) is 1. The number of aromatic nitrogens is 1. The SMILES string of the molecule is Cc1cccc(-c2cnc(CCCNCC(C)C)o2)c1Br. The Hall–Kier alpha value is -1.13. The summed E-state index contributed by atoms with van der Waals surface area (Å²) in [6.07, 6.45) is 3.73. The van der Waals surface area contributed by atoms with Crippen molar-refractivity contribution in [1.82, 2.24) is 10.3 Å². The summed E-state index contributed by atoms with van der Waals surface area (Å²) < 4.78 is 6.94. The molecule has 21 heavy (non-hydrogen) atoms. The highest BCUT2D eigenvalue weighted by Gasteiger charge is 2.10. The van der Waals surface area contributed by atoms with Crippen molar-refractivity contribution in [3.8, 4) is 11.3 Å². The molecule has 2 aromatic rings. The first kappa shape index (κ1) is 16.2. The van der Waals surface area contributed by atoms with Crippen LogP contribution in [0, 0.1) is 12.8 Å². The molecular formula is C17H23BrN2O. The highest BCUT2D eigenvalue weighted by Crippen LogP contribution is 2.31. The van der Waals surface area contributed by atoms with Gasteiger partial charge in [0.25, 0.3) is 0 Å². The first-order valence-electron chi connectivity index (χ1n) is 7.49. The van der Waals surface area contributed by atoms with Crippen LogP contribution in [0.4, 0.5) is 0 Å². The van der Waals surface area contributed by atoms with Crippen LogP contribution in [0.3, 0.4) is 0 Å². The molecule has 0 amide bonds. The Kier molecular flexibility index (Phi) is 6.00. The van der Waals surface area contributed by atoms with Gasteiger partial charge < -0.3 is 9.73 Å². The molecule has 0 atom stereocenters. The minimum absolute atomic E-state index is 0.692. The monoisotopic (exact) mass is 350 g/mol. The molecule has 1 heterocycles. The van der Waals surface area contributed by atoms with Crippen molar-refractivity contribution in [3.63, 3.8) is 0 Å². The standard InChI is InChI=1S/C17H23BrN2O/c1-12(2)10-19-9-5-8-16-20-11-15(21-16)14-7-4-6-13(3)17(14)18/h4,6-7,11-12,19H,5,8-10H2,1-3H3. The molecule has 0 spiro atoms. The summed E-state index contributed by atoms with van der Waals surface area (Å²) >= 11 is 3.62. The second-order valence-corrected chi connectivity index (χ2v) is 6.55. The topological polar surface area (TPSA) is 38.1 Å². The van der Waals surface area contributed by atoms with E-state index in [-0.39, 0.29) is 0 Å². The highest BCUT2D eigenvalue weighted by molar-refractivity contribution is 9.10. The van der Waals surface area contributed by atoms with E-state index in [4.69, 9.17) is 4.42 Å². The maximum atomic E-state index is 5.86. The van der Waals surface area contributed by atoms with E-state index in [2.05, 4.69) is 53.1 Å². The Bertz CT molecular complexity index is 578. The average Bonchev–Trinajstić information content (AvgIpc) is 2.90. The van der Waals surface area contributed by atoms with Gasteiger partial charge in [0.2, 0.25) is 0 Å². The molecule has 0 aliphatic rings. The number of hydrogen-bond acceptors (Lipinski definition) is 3. The van der Waals surface area contributed by atoms with Crippen LogP contribution in [-0.2, 0) is 6.42 Å². The smallest absolute Gasteiger partial charge is 0.194 e. The molecule has 0 unspecified atom stereocenters. The maximum Gasteiger partial charge on any atom is 0.194 e. The van der Waals surface area contributed by atoms with Gasteiger partial charge in [0.15, 0.2) is 11.7 Å². The number of rotatable bonds is 7. The van der Waals surface area contributed by atoms with Gasteiger partial charge >= 0.3 is 0 Å². The summed E-state index contributed by atoms with van der Waals surface area (Å²) in [7, 11) is 0. The Balaban J connectivity index is 1.91. The summed E-state index contributed by atoms with van der Waals surface area (Å²) in [5.74, 6) is 2.33. The van der Waals surface area contributed by atoms with Gasteiger partial charge in [-0.1, -0.05) is 32.0 Å². The van der Waals surface area contributed by atoms with E-state index in [0.717, 1.165) is 47.6 Å². The summed E-state index contributed by atoms with van der Waals surface area (Å²) in [6, 6.07) is 6.16. The highest BCUT2D eigenvalue weighted by atomic mass is 79.9. The van der Waals surface area contributed by atoms with Crippen LogP contribution >= 0.6 is 15.9 Å². The largest absolute Gasteiger partial charge is 0.441 e. The Labute approximate surface area is 135 Å². The molecule has 1 aromatic carbocycles. The fourth-order valence-electron chi connectivity index (χ4n) is 2.14. The zero-order valence-electron chi connectivity index (χ0n) is 12.9. The lowest BCUT2D eigenvalue weighted by Gasteiger charge is -2.06. The second kappa shape index (κ2) is 7.76. The number of benzene rings is 1. The van der Waals surface area contributed by atoms with Crippen LogP contribution in [0.25, 0.3) is 11.3 Å². The molecule has 0 saturated carbocycles. The van der Waals surface area contributed by atoms with Crippen LogP contribution in [0.2, 0.25) is 0 Å². The predicted molar refractivity (Wildman–Crippen MR) is 90.4 cm³/mol. The molecule has 4 heteroatoms. The molecule has 0 fully saturated rings. The zero-order valence-corrected chi connectivity index (χ0v) is 14.5. The van der Waals surface area contributed by atoms with Crippen LogP contribution in [0.1, 0.15) is 31.7 Å². The molecule has 0 aliphatic heterocycles. The molecule has 0 aliphatic carbocycles. The summed E-state index contributed by atoms with van der Waals surface area (Å²) in [5, 5.41) is 3.43. The predicted octanol–water partition coefficient (Wildman–Crippen LogP) is 4.59. The van der Waals surface area contributed by atoms with Gasteiger partial charge in [0, 0.05) is 16.5 Å². The molecular weight excluding hydrogens is 328 g/mol. The lowest BCUT2D eigenvalue weighted by Crippen LogP contribution is -2.21. The Morgan fingerprint density at radius 2 is 2.14 bits per heavy atom. The quantitative estimate of drug-likeness (QED) is 0.742. The number of oxazole rings is 1. The first-order valence-corrected chi connectivity index (χ1v) is 8.28. The van der Waals surface area contributed by atoms with Gasteiger partial charge in [0.1, 0.15) is 0 Å². The van der Waals surface area contributed by atoms with Gasteiger partial charge in [-0.25, -0.2) is 4.98 Å². The van der Waals surface area contributed by atoms with Crippen LogP contribution in [0.15, 0.2) is 33.3 Å². The van der Waals surface area contributed by atoms with Crippen LogP contribution in [0.5, 0.6) is 0 Å². The molecule has 3 nitrogen and oxygen atoms in total. The molecule has 2 rings (SSSR count). The van der Waals surface area contributed by atoms with Crippen molar-refractivity contribution in [1.29, 1.82) is 0 Å². The minimum Gasteiger partial charge on any atom is -0.441 e. The van der Waals surface area contributed by atoms with E-state index < -0.39 is 0 Å². The van der Waals surface area contributed by atoms with E-state index in [9.17, 15) is 0 Å². The van der Waals surface area contributed by atoms with E-state index in [1.165, 1.54) is 5.56 Å². The first-order chi connectivity index (χ1) is 10.1. The summed E-state index contributed by atoms with van der Waals surface area (Å²) in [5.41, 5.74) is 2.26. The maximum absolute atomic E-state index is 5.86. The van der Waals surface area contributed by atoms with Gasteiger partial charge in [-0.15, -0.1) is 0 Å². The van der Waals surface area contributed by atoms with Gasteiger partial charge in [-0.2, -0.15) is 0 Å². The van der Waals surface area contributed by atoms with Crippen molar-refractivity contribution in [2.24, 2.45) is 5.92 Å². The summed E-state index contributed by atoms with van der Waals surface area (Å²) in [4.78, 5) is 4.38. The molecule has 1 N–H and O–H groups in total. The number of aryl methyl sites for hydroxylation is 2. The number of nitrogens with one attached hydrogen (secondary N) is 1. The van der Waals surface area contributed by atoms with Crippen molar-refractivity contribution in [3.05, 3.63) is 40.3 Å². The number of hydrogen-bond donors (Lipinski definition) is 1. The van der Waals surface area contributed by atoms with Gasteiger partial charge in [-0.05, 0) is 53.8 Å². The van der Waals surface area contributed by atoms with Crippen molar-refractivity contribution in [2.75, 3.05) is 13.1 Å². The van der Waals surface area contributed by atoms with Crippen molar-refractivity contribution in [2.45, 2.75) is 33.6 Å². The third-order valence-corrected chi connectivity index (χ3v) is 4.36. The van der Waals surface area contributed by atoms with E-state index in [0.29, 0.717) is 5.92 Å². The van der Waals surface area contributed by atoms with Crippen LogP contribution < -0.4 is 5.32 Å². The second-order valence-electron chi connectivity index (χ2n) is 5.76. The van der Waals surface area contributed by atoms with E-state index in [1.807, 2.05) is 18.3 Å². The van der Waals surface area contributed by atoms with E-state index >= 15 is 0 Å². The summed E-state index contributed by atoms with van der Waals surface area (Å²) in [6.45, 7) is 8.57. The fraction of sp³-hybridized carbons (Fsp3) is 0.471. The average molecular weight is 351 g/mol. The van der Waals surface area contributed by atoms with Crippen molar-refractivity contribution >= 4 is 15.9 Å². The molecule has 1 aromatic heterocycles. The molecule has 0 saturated heterocycles. The van der Waals surface area contributed by atoms with Gasteiger partial charge in [-0.3, -0.25) is 0 Å². The molecule has 0 bridgehead atoms. The van der Waals surface area contributed by atoms with Crippen LogP contribution in [-0.4, -0.2) is 18.1 Å². The fourth-order valence-corrected chi connectivity index (χ4v) is 2.60. The van der Waals surface area contributed by atoms with E-state index in [1.54, 1.807) is 0 Å². The molecule has 0 radical (unpaired) electrons. The minimum atomic E-state index is 0.692. The van der Waals surface area contributed by atoms with Crippen molar-refractivity contribution < 1.29 is 4.42 Å². The normalized spacial score (nSPS) is 11.3. The third-order valence-electron chi connectivity index (χ3n) is 3.31. The Morgan fingerprint density at radius 3 is 2.90 bits per heavy atom. The number of halogens is 1. The zero-order chi connectivity index (χ0) is 15.2. The Morgan fingerprint density at radius 1 is 1.33 bits per heavy atom. The lowest BCUT2D eigenvalue weighted by molar-refractivity contribution is 0.483. The third kappa shape index (κ3) is 4.68. The molecule has 114 valence electrons.